The normalized spacial score (nSPS) is 19.3. The van der Waals surface area contributed by atoms with Gasteiger partial charge in [0.05, 0.1) is 11.5 Å². The molecule has 2 aromatic rings. The van der Waals surface area contributed by atoms with Gasteiger partial charge in [-0.2, -0.15) is 0 Å². The third-order valence-corrected chi connectivity index (χ3v) is 7.25. The van der Waals surface area contributed by atoms with Crippen LogP contribution in [-0.4, -0.2) is 17.2 Å². The average Bonchev–Trinajstić information content (AvgIpc) is 3.21. The first kappa shape index (κ1) is 20.9. The molecule has 0 spiro atoms. The maximum atomic E-state index is 14.9. The molecule has 0 saturated heterocycles. The predicted molar refractivity (Wildman–Crippen MR) is 117 cm³/mol. The van der Waals surface area contributed by atoms with Gasteiger partial charge < -0.3 is 9.84 Å². The van der Waals surface area contributed by atoms with Gasteiger partial charge >= 0.3 is 5.97 Å². The largest absolute Gasteiger partial charge is 0.490 e. The monoisotopic (exact) mass is 410 g/mol. The lowest BCUT2D eigenvalue weighted by Crippen LogP contribution is -2.31. The summed E-state index contributed by atoms with van der Waals surface area (Å²) in [6.45, 7) is 3.64. The summed E-state index contributed by atoms with van der Waals surface area (Å²) in [5, 5.41) is 9.89. The number of ether oxygens (including phenoxy) is 1. The smallest absolute Gasteiger partial charge is 0.313 e. The molecular weight excluding hydrogens is 379 g/mol. The van der Waals surface area contributed by atoms with Crippen LogP contribution in [0.15, 0.2) is 36.4 Å². The highest BCUT2D eigenvalue weighted by atomic mass is 19.1. The first-order valence-electron chi connectivity index (χ1n) is 11.3. The third-order valence-electron chi connectivity index (χ3n) is 7.25. The Bertz CT molecular complexity index is 928. The Morgan fingerprint density at radius 2 is 1.83 bits per heavy atom. The van der Waals surface area contributed by atoms with Crippen LogP contribution in [-0.2, 0) is 10.2 Å². The van der Waals surface area contributed by atoms with Crippen LogP contribution in [0.25, 0.3) is 11.1 Å². The first-order chi connectivity index (χ1) is 14.4. The minimum absolute atomic E-state index is 0.173. The van der Waals surface area contributed by atoms with Crippen molar-refractivity contribution in [3.63, 3.8) is 0 Å². The molecule has 0 amide bonds. The number of benzene rings is 2. The molecular formula is C26H31FO3. The van der Waals surface area contributed by atoms with Gasteiger partial charge in [-0.25, -0.2) is 4.39 Å². The topological polar surface area (TPSA) is 46.5 Å². The highest BCUT2D eigenvalue weighted by Gasteiger charge is 2.35. The maximum Gasteiger partial charge on any atom is 0.313 e. The molecule has 2 fully saturated rings. The molecule has 1 atom stereocenters. The van der Waals surface area contributed by atoms with E-state index in [1.807, 2.05) is 31.2 Å². The fraction of sp³-hybridized carbons (Fsp3) is 0.500. The van der Waals surface area contributed by atoms with Gasteiger partial charge in [0.1, 0.15) is 11.6 Å². The van der Waals surface area contributed by atoms with E-state index < -0.39 is 11.4 Å². The van der Waals surface area contributed by atoms with Crippen LogP contribution in [0.5, 0.6) is 5.75 Å². The van der Waals surface area contributed by atoms with Gasteiger partial charge in [0.15, 0.2) is 0 Å². The van der Waals surface area contributed by atoms with Gasteiger partial charge in [-0.05, 0) is 92.7 Å². The average molecular weight is 411 g/mol. The van der Waals surface area contributed by atoms with Crippen LogP contribution < -0.4 is 4.74 Å². The molecule has 0 radical (unpaired) electrons. The molecule has 0 aliphatic heterocycles. The fourth-order valence-electron chi connectivity index (χ4n) is 4.73. The van der Waals surface area contributed by atoms with Crippen molar-refractivity contribution in [3.8, 4) is 16.9 Å². The third kappa shape index (κ3) is 3.73. The van der Waals surface area contributed by atoms with Crippen LogP contribution in [0, 0.1) is 5.82 Å². The van der Waals surface area contributed by atoms with E-state index in [2.05, 4.69) is 0 Å². The number of hydrogen-bond donors (Lipinski definition) is 1. The second-order valence-electron chi connectivity index (χ2n) is 9.05. The molecule has 2 aliphatic carbocycles. The van der Waals surface area contributed by atoms with Crippen molar-refractivity contribution in [1.29, 1.82) is 0 Å². The van der Waals surface area contributed by atoms with Crippen LogP contribution in [0.4, 0.5) is 4.39 Å². The lowest BCUT2D eigenvalue weighted by Gasteiger charge is -2.30. The summed E-state index contributed by atoms with van der Waals surface area (Å²) in [4.78, 5) is 12.1. The van der Waals surface area contributed by atoms with Crippen LogP contribution in [0.3, 0.4) is 0 Å². The number of hydrogen-bond acceptors (Lipinski definition) is 2. The van der Waals surface area contributed by atoms with Crippen molar-refractivity contribution >= 4 is 5.97 Å². The van der Waals surface area contributed by atoms with Crippen LogP contribution in [0.2, 0.25) is 0 Å². The van der Waals surface area contributed by atoms with E-state index in [0.29, 0.717) is 6.42 Å². The Balaban J connectivity index is 1.86. The highest BCUT2D eigenvalue weighted by Crippen LogP contribution is 2.46. The van der Waals surface area contributed by atoms with Gasteiger partial charge in [0, 0.05) is 5.56 Å². The molecule has 4 rings (SSSR count). The molecule has 4 heteroatoms. The molecule has 3 nitrogen and oxygen atoms in total. The summed E-state index contributed by atoms with van der Waals surface area (Å²) in [7, 11) is 0. The number of carboxylic acids is 1. The van der Waals surface area contributed by atoms with Crippen molar-refractivity contribution in [1.82, 2.24) is 0 Å². The van der Waals surface area contributed by atoms with E-state index in [1.54, 1.807) is 13.0 Å². The maximum absolute atomic E-state index is 14.9. The van der Waals surface area contributed by atoms with Gasteiger partial charge in [0.2, 0.25) is 0 Å². The second-order valence-corrected chi connectivity index (χ2v) is 9.05. The van der Waals surface area contributed by atoms with Crippen molar-refractivity contribution in [2.75, 3.05) is 0 Å². The Hall–Kier alpha value is -2.36. The van der Waals surface area contributed by atoms with E-state index in [4.69, 9.17) is 4.74 Å². The number of carboxylic acid groups (broad SMARTS) is 1. The molecule has 0 aromatic heterocycles. The summed E-state index contributed by atoms with van der Waals surface area (Å²) in [5.41, 5.74) is 2.16. The Morgan fingerprint density at radius 1 is 1.10 bits per heavy atom. The molecule has 160 valence electrons. The van der Waals surface area contributed by atoms with Crippen molar-refractivity contribution in [3.05, 3.63) is 53.3 Å². The minimum Gasteiger partial charge on any atom is -0.490 e. The van der Waals surface area contributed by atoms with Gasteiger partial charge in [-0.15, -0.1) is 0 Å². The molecule has 2 saturated carbocycles. The number of halogens is 1. The highest BCUT2D eigenvalue weighted by molar-refractivity contribution is 5.83. The SMILES string of the molecule is CC[C@](C)(C(=O)O)c1ccc(OC2CCCC2)c(-c2cccc(F)c2C2CCC2)c1. The molecule has 0 unspecified atom stereocenters. The van der Waals surface area contributed by atoms with E-state index in [-0.39, 0.29) is 17.8 Å². The van der Waals surface area contributed by atoms with E-state index >= 15 is 0 Å². The van der Waals surface area contributed by atoms with Crippen LogP contribution >= 0.6 is 0 Å². The van der Waals surface area contributed by atoms with Crippen molar-refractivity contribution < 1.29 is 19.0 Å². The van der Waals surface area contributed by atoms with Crippen molar-refractivity contribution in [2.45, 2.75) is 82.7 Å². The van der Waals surface area contributed by atoms with Crippen molar-refractivity contribution in [2.24, 2.45) is 0 Å². The zero-order valence-corrected chi connectivity index (χ0v) is 17.9. The first-order valence-corrected chi connectivity index (χ1v) is 11.3. The van der Waals surface area contributed by atoms with E-state index in [9.17, 15) is 14.3 Å². The molecule has 1 N–H and O–H groups in total. The van der Waals surface area contributed by atoms with E-state index in [0.717, 1.165) is 72.9 Å². The van der Waals surface area contributed by atoms with Gasteiger partial charge in [-0.3, -0.25) is 4.79 Å². The Labute approximate surface area is 178 Å². The van der Waals surface area contributed by atoms with Crippen LogP contribution in [0.1, 0.15) is 82.3 Å². The lowest BCUT2D eigenvalue weighted by molar-refractivity contribution is -0.143. The Morgan fingerprint density at radius 3 is 2.43 bits per heavy atom. The molecule has 0 bridgehead atoms. The quantitative estimate of drug-likeness (QED) is 0.544. The predicted octanol–water partition coefficient (Wildman–Crippen LogP) is 6.83. The molecule has 2 aromatic carbocycles. The molecule has 0 heterocycles. The zero-order valence-electron chi connectivity index (χ0n) is 17.9. The number of rotatable bonds is 7. The Kier molecular flexibility index (Phi) is 5.86. The molecule has 30 heavy (non-hydrogen) atoms. The summed E-state index contributed by atoms with van der Waals surface area (Å²) >= 11 is 0. The molecule has 2 aliphatic rings. The fourth-order valence-corrected chi connectivity index (χ4v) is 4.73. The summed E-state index contributed by atoms with van der Waals surface area (Å²) < 4.78 is 21.3. The summed E-state index contributed by atoms with van der Waals surface area (Å²) in [6.07, 6.45) is 8.15. The van der Waals surface area contributed by atoms with E-state index in [1.165, 1.54) is 6.07 Å². The lowest BCUT2D eigenvalue weighted by atomic mass is 9.75. The second kappa shape index (κ2) is 8.41. The zero-order chi connectivity index (χ0) is 21.3. The number of carbonyl (C=O) groups is 1. The number of aliphatic carboxylic acids is 1. The summed E-state index contributed by atoms with van der Waals surface area (Å²) in [5.74, 6) is -0.0633. The van der Waals surface area contributed by atoms with Gasteiger partial charge in [-0.1, -0.05) is 31.5 Å². The standard InChI is InChI=1S/C26H31FO3/c1-3-26(2,25(28)29)18-14-15-23(30-19-10-4-5-11-19)21(16-18)20-12-7-13-22(27)24(20)17-8-6-9-17/h7,12-17,19H,3-6,8-11H2,1-2H3,(H,28,29)/t26-/m0/s1. The summed E-state index contributed by atoms with van der Waals surface area (Å²) in [6, 6.07) is 10.9. The minimum atomic E-state index is -0.995. The van der Waals surface area contributed by atoms with Gasteiger partial charge in [0.25, 0.3) is 0 Å².